The number of rotatable bonds is 18. The number of nitriles is 1. The van der Waals surface area contributed by atoms with Gasteiger partial charge in [-0.2, -0.15) is 5.26 Å². The maximum atomic E-state index is 14.0. The minimum atomic E-state index is -0.981. The SMILES string of the molecule is Cc1ncoc1-c1ccc([C@H](C)NC(=O)[C@@H]2C[C@@H](O)CN2C(=O)[C@@H](NC(=O)COCCCCOc2ccc(C(=O)NC3C(C)(C)C(Oc4ccc(C#N)c(Cl)c4)C3(C)C)cc2)C(C)(C)C)cc1. The highest BCUT2D eigenvalue weighted by Gasteiger charge is 2.64. The van der Waals surface area contributed by atoms with Crippen LogP contribution in [0.2, 0.25) is 5.02 Å². The summed E-state index contributed by atoms with van der Waals surface area (Å²) >= 11 is 6.23. The molecule has 2 aliphatic rings. The molecule has 0 radical (unpaired) electrons. The summed E-state index contributed by atoms with van der Waals surface area (Å²) in [5.74, 6) is 0.313. The van der Waals surface area contributed by atoms with Crippen LogP contribution in [0.5, 0.6) is 11.5 Å². The van der Waals surface area contributed by atoms with E-state index in [1.807, 2.05) is 58.9 Å². The molecule has 1 saturated heterocycles. The fourth-order valence-corrected chi connectivity index (χ4v) is 9.60. The Balaban J connectivity index is 0.906. The Morgan fingerprint density at radius 1 is 0.970 bits per heavy atom. The number of oxazole rings is 1. The zero-order chi connectivity index (χ0) is 48.8. The number of nitrogens with zero attached hydrogens (tertiary/aromatic N) is 3. The number of ether oxygens (including phenoxy) is 3. The van der Waals surface area contributed by atoms with Crippen molar-refractivity contribution in [1.29, 1.82) is 5.26 Å². The van der Waals surface area contributed by atoms with Gasteiger partial charge in [-0.3, -0.25) is 19.2 Å². The number of hydrogen-bond donors (Lipinski definition) is 4. The molecule has 1 aliphatic carbocycles. The summed E-state index contributed by atoms with van der Waals surface area (Å²) in [5, 5.41) is 29.2. The number of benzene rings is 3. The first kappa shape index (κ1) is 50.5. The minimum absolute atomic E-state index is 0.0362. The third-order valence-electron chi connectivity index (χ3n) is 12.8. The van der Waals surface area contributed by atoms with Crippen LogP contribution in [0, 0.1) is 34.5 Å². The number of carbonyl (C=O) groups is 4. The highest BCUT2D eigenvalue weighted by molar-refractivity contribution is 6.31. The first-order chi connectivity index (χ1) is 31.6. The Hall–Kier alpha value is -5.95. The molecule has 16 heteroatoms. The molecule has 1 aliphatic heterocycles. The van der Waals surface area contributed by atoms with Gasteiger partial charge in [0.15, 0.2) is 12.2 Å². The maximum Gasteiger partial charge on any atom is 0.251 e. The lowest BCUT2D eigenvalue weighted by molar-refractivity contribution is -0.164. The molecule has 0 bridgehead atoms. The average Bonchev–Trinajstić information content (AvgIpc) is 3.90. The number of nitrogens with one attached hydrogen (secondary N) is 3. The highest BCUT2D eigenvalue weighted by atomic mass is 35.5. The lowest BCUT2D eigenvalue weighted by Gasteiger charge is -2.63. The molecule has 1 aromatic heterocycles. The summed E-state index contributed by atoms with van der Waals surface area (Å²) in [6.45, 7) is 17.8. The summed E-state index contributed by atoms with van der Waals surface area (Å²) in [6.07, 6.45) is 1.60. The smallest absolute Gasteiger partial charge is 0.251 e. The molecule has 1 saturated carbocycles. The molecular weight excluding hydrogens is 876 g/mol. The van der Waals surface area contributed by atoms with Gasteiger partial charge < -0.3 is 44.6 Å². The molecule has 4 atom stereocenters. The van der Waals surface area contributed by atoms with Crippen molar-refractivity contribution in [3.63, 3.8) is 0 Å². The van der Waals surface area contributed by atoms with Crippen molar-refractivity contribution in [2.75, 3.05) is 26.4 Å². The van der Waals surface area contributed by atoms with Crippen LogP contribution in [0.4, 0.5) is 0 Å². The van der Waals surface area contributed by atoms with Gasteiger partial charge in [0, 0.05) is 53.6 Å². The molecule has 2 heterocycles. The monoisotopic (exact) mass is 938 g/mol. The van der Waals surface area contributed by atoms with Crippen LogP contribution in [0.1, 0.15) is 108 Å². The van der Waals surface area contributed by atoms with Crippen molar-refractivity contribution in [2.45, 2.75) is 118 Å². The van der Waals surface area contributed by atoms with Crippen molar-refractivity contribution in [2.24, 2.45) is 16.2 Å². The van der Waals surface area contributed by atoms with Crippen LogP contribution >= 0.6 is 11.6 Å². The average molecular weight is 940 g/mol. The largest absolute Gasteiger partial charge is 0.494 e. The first-order valence-electron chi connectivity index (χ1n) is 22.7. The van der Waals surface area contributed by atoms with Crippen molar-refractivity contribution in [3.8, 4) is 28.9 Å². The van der Waals surface area contributed by atoms with Gasteiger partial charge in [-0.15, -0.1) is 0 Å². The molecule has 358 valence electrons. The van der Waals surface area contributed by atoms with Crippen LogP contribution in [0.15, 0.2) is 77.5 Å². The van der Waals surface area contributed by atoms with Gasteiger partial charge in [0.2, 0.25) is 17.7 Å². The van der Waals surface area contributed by atoms with E-state index in [0.717, 1.165) is 16.8 Å². The standard InChI is InChI=1S/C51H63ClN6O9/c1-30(32-12-14-33(15-13-32)42-31(2)54-29-66-42)55-45(62)40-24-36(59)27-58(40)46(63)43(49(3,4)5)56-41(60)28-64-22-10-11-23-65-37-19-16-34(17-20-37)44(61)57-47-50(6,7)48(51(47,8)9)67-38-21-18-35(26-53)39(52)25-38/h12-21,25,29-30,36,40,43,47-48,59H,10-11,22-24,27-28H2,1-9H3,(H,55,62)(H,56,60)(H,57,61)/t30-,36+,40-,43+,47?,48?/m0/s1. The third-order valence-corrected chi connectivity index (χ3v) is 13.1. The number of likely N-dealkylation sites (tertiary alicyclic amines) is 1. The number of halogens is 1. The van der Waals surface area contributed by atoms with Gasteiger partial charge in [0.25, 0.3) is 5.91 Å². The summed E-state index contributed by atoms with van der Waals surface area (Å²) in [7, 11) is 0. The molecule has 3 aromatic carbocycles. The normalized spacial score (nSPS) is 20.4. The number of unbranched alkanes of at least 4 members (excludes halogenated alkanes) is 1. The van der Waals surface area contributed by atoms with E-state index in [1.165, 1.54) is 11.3 Å². The third kappa shape index (κ3) is 11.8. The van der Waals surface area contributed by atoms with Crippen molar-refractivity contribution < 1.29 is 42.9 Å². The Labute approximate surface area is 397 Å². The van der Waals surface area contributed by atoms with Crippen molar-refractivity contribution in [1.82, 2.24) is 25.8 Å². The summed E-state index contributed by atoms with van der Waals surface area (Å²) < 4.78 is 23.4. The van der Waals surface area contributed by atoms with E-state index >= 15 is 0 Å². The Bertz CT molecular complexity index is 2420. The van der Waals surface area contributed by atoms with Crippen LogP contribution in [-0.4, -0.2) is 95.3 Å². The van der Waals surface area contributed by atoms with Gasteiger partial charge in [0.1, 0.15) is 42.4 Å². The second-order valence-electron chi connectivity index (χ2n) is 19.8. The van der Waals surface area contributed by atoms with E-state index < -0.39 is 52.2 Å². The molecule has 67 heavy (non-hydrogen) atoms. The molecule has 4 aromatic rings. The zero-order valence-corrected chi connectivity index (χ0v) is 40.5. The Morgan fingerprint density at radius 3 is 2.24 bits per heavy atom. The van der Waals surface area contributed by atoms with Crippen LogP contribution < -0.4 is 25.4 Å². The van der Waals surface area contributed by atoms with Crippen LogP contribution in [0.25, 0.3) is 11.3 Å². The minimum Gasteiger partial charge on any atom is -0.494 e. The second-order valence-corrected chi connectivity index (χ2v) is 20.2. The van der Waals surface area contributed by atoms with Crippen molar-refractivity contribution in [3.05, 3.63) is 101 Å². The summed E-state index contributed by atoms with van der Waals surface area (Å²) in [5.41, 5.74) is 1.84. The summed E-state index contributed by atoms with van der Waals surface area (Å²) in [4.78, 5) is 59.6. The number of aliphatic hydroxyl groups is 1. The number of aromatic nitrogens is 1. The number of carbonyl (C=O) groups excluding carboxylic acids is 4. The van der Waals surface area contributed by atoms with E-state index in [9.17, 15) is 29.5 Å². The molecule has 0 spiro atoms. The Kier molecular flexibility index (Phi) is 15.8. The molecular formula is C51H63ClN6O9. The van der Waals surface area contributed by atoms with Gasteiger partial charge in [-0.05, 0) is 74.1 Å². The summed E-state index contributed by atoms with van der Waals surface area (Å²) in [6, 6.07) is 19.1. The van der Waals surface area contributed by atoms with Crippen molar-refractivity contribution >= 4 is 35.2 Å². The van der Waals surface area contributed by atoms with E-state index in [1.54, 1.807) is 42.5 Å². The molecule has 6 rings (SSSR count). The lowest BCUT2D eigenvalue weighted by Crippen LogP contribution is -2.74. The fourth-order valence-electron chi connectivity index (χ4n) is 9.39. The quantitative estimate of drug-likeness (QED) is 0.0727. The fraction of sp³-hybridized carbons (Fsp3) is 0.490. The first-order valence-corrected chi connectivity index (χ1v) is 23.1. The second kappa shape index (κ2) is 20.9. The van der Waals surface area contributed by atoms with E-state index in [2.05, 4.69) is 54.7 Å². The van der Waals surface area contributed by atoms with Crippen LogP contribution in [-0.2, 0) is 19.1 Å². The van der Waals surface area contributed by atoms with E-state index in [-0.39, 0.29) is 50.3 Å². The molecule has 4 amide bonds. The highest BCUT2D eigenvalue weighted by Crippen LogP contribution is 2.55. The number of aryl methyl sites for hydroxylation is 1. The van der Waals surface area contributed by atoms with Gasteiger partial charge in [-0.25, -0.2) is 4.98 Å². The lowest BCUT2D eigenvalue weighted by atomic mass is 9.49. The maximum absolute atomic E-state index is 14.0. The number of amides is 4. The van der Waals surface area contributed by atoms with Gasteiger partial charge in [0.05, 0.1) is 35.0 Å². The zero-order valence-electron chi connectivity index (χ0n) is 39.8. The predicted molar refractivity (Wildman–Crippen MR) is 252 cm³/mol. The topological polar surface area (TPSA) is 205 Å². The van der Waals surface area contributed by atoms with E-state index in [4.69, 9.17) is 30.2 Å². The number of β-amino-alcohol motifs (C(OH)–C–C–N with tert-alkyl or cyclic N) is 1. The number of aliphatic hydroxyl groups excluding tert-OH is 1. The molecule has 15 nitrogen and oxygen atoms in total. The molecule has 0 unspecified atom stereocenters. The predicted octanol–water partition coefficient (Wildman–Crippen LogP) is 7.33. The van der Waals surface area contributed by atoms with Crippen LogP contribution in [0.3, 0.4) is 0 Å². The molecule has 2 fully saturated rings. The number of hydrogen-bond acceptors (Lipinski definition) is 11. The van der Waals surface area contributed by atoms with Gasteiger partial charge >= 0.3 is 0 Å². The molecule has 4 N–H and O–H groups in total. The van der Waals surface area contributed by atoms with Gasteiger partial charge in [-0.1, -0.05) is 84.3 Å². The van der Waals surface area contributed by atoms with E-state index in [0.29, 0.717) is 52.9 Å². The Morgan fingerprint density at radius 2 is 1.63 bits per heavy atom.